The van der Waals surface area contributed by atoms with Crippen molar-refractivity contribution >= 4 is 5.78 Å². The lowest BCUT2D eigenvalue weighted by molar-refractivity contribution is 0.0980. The van der Waals surface area contributed by atoms with Gasteiger partial charge in [0.15, 0.2) is 5.78 Å². The fourth-order valence-electron chi connectivity index (χ4n) is 1.50. The lowest BCUT2D eigenvalue weighted by Gasteiger charge is -2.05. The Morgan fingerprint density at radius 1 is 1.44 bits per heavy atom. The van der Waals surface area contributed by atoms with Crippen molar-refractivity contribution in [2.24, 2.45) is 0 Å². The van der Waals surface area contributed by atoms with E-state index in [1.807, 2.05) is 38.2 Å². The number of ketones is 1. The predicted molar refractivity (Wildman–Crippen MR) is 65.1 cm³/mol. The van der Waals surface area contributed by atoms with Gasteiger partial charge >= 0.3 is 0 Å². The van der Waals surface area contributed by atoms with Crippen molar-refractivity contribution in [3.05, 3.63) is 29.8 Å². The van der Waals surface area contributed by atoms with Gasteiger partial charge in [-0.15, -0.1) is 0 Å². The molecule has 0 amide bonds. The Morgan fingerprint density at radius 3 is 2.94 bits per heavy atom. The summed E-state index contributed by atoms with van der Waals surface area (Å²) in [5.74, 6) is 0.943. The highest BCUT2D eigenvalue weighted by molar-refractivity contribution is 5.96. The summed E-state index contributed by atoms with van der Waals surface area (Å²) in [6.07, 6.45) is 1.45. The summed E-state index contributed by atoms with van der Waals surface area (Å²) in [5, 5.41) is 3.03. The molecular weight excluding hydrogens is 202 g/mol. The molecule has 0 aliphatic rings. The number of benzene rings is 1. The van der Waals surface area contributed by atoms with Gasteiger partial charge in [-0.25, -0.2) is 0 Å². The molecule has 0 saturated heterocycles. The molecule has 3 nitrogen and oxygen atoms in total. The number of rotatable bonds is 7. The van der Waals surface area contributed by atoms with Crippen LogP contribution in [0.15, 0.2) is 24.3 Å². The molecule has 0 bridgehead atoms. The van der Waals surface area contributed by atoms with E-state index >= 15 is 0 Å². The summed E-state index contributed by atoms with van der Waals surface area (Å²) in [5.41, 5.74) is 0.738. The van der Waals surface area contributed by atoms with Crippen LogP contribution >= 0.6 is 0 Å². The number of ether oxygens (including phenoxy) is 1. The van der Waals surface area contributed by atoms with Crippen molar-refractivity contribution in [2.75, 3.05) is 20.2 Å². The van der Waals surface area contributed by atoms with Gasteiger partial charge in [-0.2, -0.15) is 0 Å². The topological polar surface area (TPSA) is 38.3 Å². The van der Waals surface area contributed by atoms with Gasteiger partial charge in [0.2, 0.25) is 0 Å². The second-order valence-corrected chi connectivity index (χ2v) is 3.59. The van der Waals surface area contributed by atoms with Crippen molar-refractivity contribution < 1.29 is 9.53 Å². The van der Waals surface area contributed by atoms with Crippen LogP contribution in [-0.2, 0) is 0 Å². The van der Waals surface area contributed by atoms with Gasteiger partial charge < -0.3 is 10.1 Å². The monoisotopic (exact) mass is 221 g/mol. The van der Waals surface area contributed by atoms with Crippen molar-refractivity contribution in [3.8, 4) is 5.75 Å². The van der Waals surface area contributed by atoms with E-state index in [1.54, 1.807) is 0 Å². The molecule has 0 atom stereocenters. The number of hydrogen-bond acceptors (Lipinski definition) is 3. The Labute approximate surface area is 96.8 Å². The van der Waals surface area contributed by atoms with Crippen molar-refractivity contribution in [1.82, 2.24) is 5.32 Å². The average molecular weight is 221 g/mol. The van der Waals surface area contributed by atoms with Crippen LogP contribution in [0.3, 0.4) is 0 Å². The first kappa shape index (κ1) is 12.7. The Morgan fingerprint density at radius 2 is 2.25 bits per heavy atom. The minimum atomic E-state index is 0.178. The van der Waals surface area contributed by atoms with Crippen molar-refractivity contribution in [2.45, 2.75) is 19.8 Å². The first-order valence-electron chi connectivity index (χ1n) is 5.68. The summed E-state index contributed by atoms with van der Waals surface area (Å²) >= 11 is 0. The van der Waals surface area contributed by atoms with Crippen LogP contribution in [0, 0.1) is 0 Å². The Hall–Kier alpha value is -1.35. The van der Waals surface area contributed by atoms with Gasteiger partial charge in [0.25, 0.3) is 0 Å². The normalized spacial score (nSPS) is 10.1. The second kappa shape index (κ2) is 7.01. The largest absolute Gasteiger partial charge is 0.494 e. The van der Waals surface area contributed by atoms with E-state index in [2.05, 4.69) is 5.32 Å². The second-order valence-electron chi connectivity index (χ2n) is 3.59. The molecule has 0 heterocycles. The molecule has 0 fully saturated rings. The standard InChI is InChI=1S/C13H19NO2/c1-3-16-12-7-4-6-11(10-12)13(15)8-5-9-14-2/h4,6-7,10,14H,3,5,8-9H2,1-2H3. The zero-order valence-corrected chi connectivity index (χ0v) is 9.95. The summed E-state index contributed by atoms with van der Waals surface area (Å²) in [6, 6.07) is 7.37. The molecule has 16 heavy (non-hydrogen) atoms. The van der Waals surface area contributed by atoms with E-state index in [0.29, 0.717) is 13.0 Å². The van der Waals surface area contributed by atoms with Crippen LogP contribution in [0.2, 0.25) is 0 Å². The fourth-order valence-corrected chi connectivity index (χ4v) is 1.50. The molecule has 88 valence electrons. The van der Waals surface area contributed by atoms with Crippen LogP contribution in [0.1, 0.15) is 30.1 Å². The zero-order valence-electron chi connectivity index (χ0n) is 9.95. The van der Waals surface area contributed by atoms with Gasteiger partial charge in [-0.3, -0.25) is 4.79 Å². The molecule has 0 aliphatic heterocycles. The third kappa shape index (κ3) is 4.03. The number of carbonyl (C=O) groups is 1. The quantitative estimate of drug-likeness (QED) is 0.567. The summed E-state index contributed by atoms with van der Waals surface area (Å²) in [7, 11) is 1.89. The Kier molecular flexibility index (Phi) is 5.57. The van der Waals surface area contributed by atoms with Gasteiger partial charge in [0.05, 0.1) is 6.61 Å². The smallest absolute Gasteiger partial charge is 0.163 e. The summed E-state index contributed by atoms with van der Waals surface area (Å²) in [6.45, 7) is 3.43. The third-order valence-electron chi connectivity index (χ3n) is 2.30. The molecule has 1 aromatic rings. The molecule has 3 heteroatoms. The highest BCUT2D eigenvalue weighted by Gasteiger charge is 2.06. The highest BCUT2D eigenvalue weighted by Crippen LogP contribution is 2.15. The van der Waals surface area contributed by atoms with Crippen LogP contribution < -0.4 is 10.1 Å². The Bertz CT molecular complexity index is 336. The lowest BCUT2D eigenvalue weighted by Crippen LogP contribution is -2.10. The molecule has 1 aromatic carbocycles. The molecule has 0 unspecified atom stereocenters. The van der Waals surface area contributed by atoms with Crippen LogP contribution in [-0.4, -0.2) is 26.0 Å². The molecule has 0 spiro atoms. The zero-order chi connectivity index (χ0) is 11.8. The first-order chi connectivity index (χ1) is 7.77. The fraction of sp³-hybridized carbons (Fsp3) is 0.462. The van der Waals surface area contributed by atoms with Gasteiger partial charge in [-0.05, 0) is 39.1 Å². The van der Waals surface area contributed by atoms with Crippen LogP contribution in [0.5, 0.6) is 5.75 Å². The summed E-state index contributed by atoms with van der Waals surface area (Å²) < 4.78 is 5.36. The predicted octanol–water partition coefficient (Wildman–Crippen LogP) is 2.27. The number of nitrogens with one attached hydrogen (secondary N) is 1. The molecule has 0 radical (unpaired) electrons. The lowest BCUT2D eigenvalue weighted by atomic mass is 10.1. The third-order valence-corrected chi connectivity index (χ3v) is 2.30. The summed E-state index contributed by atoms with van der Waals surface area (Å²) in [4.78, 5) is 11.8. The number of hydrogen-bond donors (Lipinski definition) is 1. The number of carbonyl (C=O) groups excluding carboxylic acids is 1. The maximum Gasteiger partial charge on any atom is 0.163 e. The van der Waals surface area contributed by atoms with Gasteiger partial charge in [-0.1, -0.05) is 12.1 Å². The first-order valence-corrected chi connectivity index (χ1v) is 5.68. The van der Waals surface area contributed by atoms with E-state index in [0.717, 1.165) is 24.3 Å². The maximum absolute atomic E-state index is 11.8. The van der Waals surface area contributed by atoms with Crippen molar-refractivity contribution in [1.29, 1.82) is 0 Å². The van der Waals surface area contributed by atoms with Crippen LogP contribution in [0.4, 0.5) is 0 Å². The molecule has 0 saturated carbocycles. The molecule has 0 aliphatic carbocycles. The number of Topliss-reactive ketones (excluding diaryl/α,β-unsaturated/α-hetero) is 1. The molecule has 1 N–H and O–H groups in total. The van der Waals surface area contributed by atoms with E-state index < -0.39 is 0 Å². The van der Waals surface area contributed by atoms with Gasteiger partial charge in [0, 0.05) is 12.0 Å². The minimum absolute atomic E-state index is 0.178. The SMILES string of the molecule is CCOc1cccc(C(=O)CCCNC)c1. The van der Waals surface area contributed by atoms with E-state index in [-0.39, 0.29) is 5.78 Å². The van der Waals surface area contributed by atoms with Crippen LogP contribution in [0.25, 0.3) is 0 Å². The molecule has 1 rings (SSSR count). The van der Waals surface area contributed by atoms with E-state index in [4.69, 9.17) is 4.74 Å². The minimum Gasteiger partial charge on any atom is -0.494 e. The van der Waals surface area contributed by atoms with E-state index in [1.165, 1.54) is 0 Å². The molecular formula is C13H19NO2. The Balaban J connectivity index is 2.57. The maximum atomic E-state index is 11.8. The molecule has 0 aromatic heterocycles. The van der Waals surface area contributed by atoms with Gasteiger partial charge in [0.1, 0.15) is 5.75 Å². The highest BCUT2D eigenvalue weighted by atomic mass is 16.5. The van der Waals surface area contributed by atoms with E-state index in [9.17, 15) is 4.79 Å². The van der Waals surface area contributed by atoms with Crippen molar-refractivity contribution in [3.63, 3.8) is 0 Å². The average Bonchev–Trinajstić information content (AvgIpc) is 2.30.